The summed E-state index contributed by atoms with van der Waals surface area (Å²) in [7, 11) is 0. The largest absolute Gasteiger partial charge is 0.481 e. The SMILES string of the molecule is CCOC(=O)CCCNC(=O)N(CCCC(=O)O)C(C)C. The number of rotatable bonds is 10. The molecule has 0 heterocycles. The fraction of sp³-hybridized carbons (Fsp3) is 0.786. The summed E-state index contributed by atoms with van der Waals surface area (Å²) in [4.78, 5) is 35.2. The second kappa shape index (κ2) is 10.9. The number of nitrogens with zero attached hydrogens (tertiary/aromatic N) is 1. The molecule has 0 bridgehead atoms. The molecule has 0 saturated carbocycles. The lowest BCUT2D eigenvalue weighted by Crippen LogP contribution is -2.44. The Labute approximate surface area is 125 Å². The number of esters is 1. The Morgan fingerprint density at radius 3 is 2.38 bits per heavy atom. The molecule has 0 rings (SSSR count). The zero-order chi connectivity index (χ0) is 16.3. The standard InChI is InChI=1S/C14H26N2O5/c1-4-21-13(19)8-5-9-15-14(20)16(11(2)3)10-6-7-12(17)18/h11H,4-10H2,1-3H3,(H,15,20)(H,17,18). The smallest absolute Gasteiger partial charge is 0.317 e. The molecule has 7 nitrogen and oxygen atoms in total. The highest BCUT2D eigenvalue weighted by Crippen LogP contribution is 2.03. The first-order valence-corrected chi connectivity index (χ1v) is 7.30. The monoisotopic (exact) mass is 302 g/mol. The number of carbonyl (C=O) groups excluding carboxylic acids is 2. The van der Waals surface area contributed by atoms with Crippen molar-refractivity contribution in [3.63, 3.8) is 0 Å². The third kappa shape index (κ3) is 9.70. The lowest BCUT2D eigenvalue weighted by atomic mass is 10.2. The highest BCUT2D eigenvalue weighted by Gasteiger charge is 2.16. The minimum atomic E-state index is -0.867. The first-order chi connectivity index (χ1) is 9.88. The number of nitrogens with one attached hydrogen (secondary N) is 1. The maximum absolute atomic E-state index is 12.0. The van der Waals surface area contributed by atoms with Crippen LogP contribution in [-0.4, -0.2) is 53.7 Å². The number of carbonyl (C=O) groups is 3. The summed E-state index contributed by atoms with van der Waals surface area (Å²) in [6, 6.07) is -0.247. The summed E-state index contributed by atoms with van der Waals surface area (Å²) < 4.78 is 4.79. The fourth-order valence-corrected chi connectivity index (χ4v) is 1.76. The van der Waals surface area contributed by atoms with Gasteiger partial charge in [-0.05, 0) is 33.6 Å². The van der Waals surface area contributed by atoms with Crippen molar-refractivity contribution in [1.82, 2.24) is 10.2 Å². The Morgan fingerprint density at radius 2 is 1.86 bits per heavy atom. The lowest BCUT2D eigenvalue weighted by molar-refractivity contribution is -0.143. The number of hydrogen-bond donors (Lipinski definition) is 2. The van der Waals surface area contributed by atoms with Crippen LogP contribution < -0.4 is 5.32 Å². The summed E-state index contributed by atoms with van der Waals surface area (Å²) in [6.45, 7) is 6.64. The van der Waals surface area contributed by atoms with Crippen molar-refractivity contribution < 1.29 is 24.2 Å². The van der Waals surface area contributed by atoms with E-state index in [4.69, 9.17) is 9.84 Å². The van der Waals surface area contributed by atoms with Gasteiger partial charge in [0.2, 0.25) is 0 Å². The van der Waals surface area contributed by atoms with Crippen LogP contribution in [0.2, 0.25) is 0 Å². The van der Waals surface area contributed by atoms with Crippen molar-refractivity contribution in [2.45, 2.75) is 52.5 Å². The topological polar surface area (TPSA) is 95.9 Å². The van der Waals surface area contributed by atoms with Gasteiger partial charge in [-0.15, -0.1) is 0 Å². The van der Waals surface area contributed by atoms with Gasteiger partial charge in [0.05, 0.1) is 6.61 Å². The molecule has 2 amide bonds. The van der Waals surface area contributed by atoms with E-state index in [-0.39, 0.29) is 30.9 Å². The van der Waals surface area contributed by atoms with Crippen molar-refractivity contribution in [2.24, 2.45) is 0 Å². The van der Waals surface area contributed by atoms with Crippen LogP contribution in [0.1, 0.15) is 46.5 Å². The van der Waals surface area contributed by atoms with E-state index < -0.39 is 5.97 Å². The average molecular weight is 302 g/mol. The number of hydrogen-bond acceptors (Lipinski definition) is 4. The summed E-state index contributed by atoms with van der Waals surface area (Å²) in [6.07, 6.45) is 1.25. The first kappa shape index (κ1) is 19.2. The Kier molecular flexibility index (Phi) is 10.0. The molecule has 0 aromatic carbocycles. The number of ether oxygens (including phenoxy) is 1. The molecule has 0 aliphatic heterocycles. The Hall–Kier alpha value is -1.79. The zero-order valence-electron chi connectivity index (χ0n) is 13.1. The van der Waals surface area contributed by atoms with E-state index in [1.165, 1.54) is 0 Å². The summed E-state index contributed by atoms with van der Waals surface area (Å²) in [5.41, 5.74) is 0. The fourth-order valence-electron chi connectivity index (χ4n) is 1.76. The highest BCUT2D eigenvalue weighted by molar-refractivity contribution is 5.74. The predicted octanol–water partition coefficient (Wildman–Crippen LogP) is 1.61. The van der Waals surface area contributed by atoms with E-state index in [1.807, 2.05) is 13.8 Å². The quantitative estimate of drug-likeness (QED) is 0.472. The molecule has 0 saturated heterocycles. The van der Waals surface area contributed by atoms with Gasteiger partial charge >= 0.3 is 18.0 Å². The lowest BCUT2D eigenvalue weighted by Gasteiger charge is -2.26. The molecule has 0 fully saturated rings. The normalized spacial score (nSPS) is 10.3. The van der Waals surface area contributed by atoms with Gasteiger partial charge in [-0.3, -0.25) is 9.59 Å². The molecule has 2 N–H and O–H groups in total. The van der Waals surface area contributed by atoms with Crippen LogP contribution in [0, 0.1) is 0 Å². The second-order valence-electron chi connectivity index (χ2n) is 4.92. The summed E-state index contributed by atoms with van der Waals surface area (Å²) in [5.74, 6) is -1.14. The van der Waals surface area contributed by atoms with E-state index in [0.29, 0.717) is 32.5 Å². The number of urea groups is 1. The molecule has 0 aromatic rings. The molecule has 0 aromatic heterocycles. The van der Waals surface area contributed by atoms with E-state index >= 15 is 0 Å². The predicted molar refractivity (Wildman–Crippen MR) is 78.0 cm³/mol. The third-order valence-electron chi connectivity index (χ3n) is 2.81. The van der Waals surface area contributed by atoms with E-state index in [9.17, 15) is 14.4 Å². The van der Waals surface area contributed by atoms with Crippen LogP contribution in [0.25, 0.3) is 0 Å². The number of carboxylic acid groups (broad SMARTS) is 1. The van der Waals surface area contributed by atoms with Crippen molar-refractivity contribution in [2.75, 3.05) is 19.7 Å². The van der Waals surface area contributed by atoms with Gasteiger partial charge in [-0.1, -0.05) is 0 Å². The van der Waals surface area contributed by atoms with Gasteiger partial charge in [-0.25, -0.2) is 4.79 Å². The Morgan fingerprint density at radius 1 is 1.19 bits per heavy atom. The molecule has 0 spiro atoms. The molecule has 7 heteroatoms. The van der Waals surface area contributed by atoms with E-state index in [0.717, 1.165) is 0 Å². The molecule has 0 aliphatic rings. The number of amides is 2. The zero-order valence-corrected chi connectivity index (χ0v) is 13.1. The molecule has 0 unspecified atom stereocenters. The molecule has 0 atom stereocenters. The van der Waals surface area contributed by atoms with Crippen LogP contribution in [0.5, 0.6) is 0 Å². The van der Waals surface area contributed by atoms with Crippen molar-refractivity contribution >= 4 is 18.0 Å². The van der Waals surface area contributed by atoms with Crippen LogP contribution >= 0.6 is 0 Å². The molecule has 21 heavy (non-hydrogen) atoms. The van der Waals surface area contributed by atoms with Crippen LogP contribution in [0.15, 0.2) is 0 Å². The molecule has 0 radical (unpaired) electrons. The van der Waals surface area contributed by atoms with Gasteiger partial charge in [0, 0.05) is 32.0 Å². The van der Waals surface area contributed by atoms with Crippen LogP contribution in [0.3, 0.4) is 0 Å². The molecular weight excluding hydrogens is 276 g/mol. The van der Waals surface area contributed by atoms with Gasteiger partial charge < -0.3 is 20.1 Å². The minimum absolute atomic E-state index is 0.0103. The molecule has 0 aliphatic carbocycles. The van der Waals surface area contributed by atoms with Crippen molar-refractivity contribution in [3.8, 4) is 0 Å². The molecule has 122 valence electrons. The van der Waals surface area contributed by atoms with Gasteiger partial charge in [0.25, 0.3) is 0 Å². The molecular formula is C14H26N2O5. The second-order valence-corrected chi connectivity index (χ2v) is 4.92. The van der Waals surface area contributed by atoms with Crippen molar-refractivity contribution in [1.29, 1.82) is 0 Å². The van der Waals surface area contributed by atoms with Crippen LogP contribution in [0.4, 0.5) is 4.79 Å². The van der Waals surface area contributed by atoms with Crippen LogP contribution in [-0.2, 0) is 14.3 Å². The maximum atomic E-state index is 12.0. The van der Waals surface area contributed by atoms with Gasteiger partial charge in [0.1, 0.15) is 0 Å². The maximum Gasteiger partial charge on any atom is 0.317 e. The Balaban J connectivity index is 4.01. The first-order valence-electron chi connectivity index (χ1n) is 7.30. The average Bonchev–Trinajstić information content (AvgIpc) is 2.39. The van der Waals surface area contributed by atoms with E-state index in [2.05, 4.69) is 5.32 Å². The third-order valence-corrected chi connectivity index (χ3v) is 2.81. The Bertz CT molecular complexity index is 344. The van der Waals surface area contributed by atoms with Gasteiger partial charge in [-0.2, -0.15) is 0 Å². The number of carboxylic acids is 1. The number of aliphatic carboxylic acids is 1. The van der Waals surface area contributed by atoms with Crippen molar-refractivity contribution in [3.05, 3.63) is 0 Å². The van der Waals surface area contributed by atoms with E-state index in [1.54, 1.807) is 11.8 Å². The minimum Gasteiger partial charge on any atom is -0.481 e. The van der Waals surface area contributed by atoms with Gasteiger partial charge in [0.15, 0.2) is 0 Å². The highest BCUT2D eigenvalue weighted by atomic mass is 16.5. The summed E-state index contributed by atoms with van der Waals surface area (Å²) >= 11 is 0. The summed E-state index contributed by atoms with van der Waals surface area (Å²) in [5, 5.41) is 11.3.